The van der Waals surface area contributed by atoms with E-state index in [0.29, 0.717) is 19.7 Å². The zero-order valence-electron chi connectivity index (χ0n) is 17.6. The second-order valence-electron chi connectivity index (χ2n) is 7.66. The molecular weight excluding hydrogens is 388 g/mol. The number of carbonyl (C=O) groups is 1. The Bertz CT molecular complexity index is 950. The van der Waals surface area contributed by atoms with Gasteiger partial charge in [-0.2, -0.15) is 0 Å². The fourth-order valence-electron chi connectivity index (χ4n) is 3.50. The number of amides is 1. The number of morpholine rings is 1. The van der Waals surface area contributed by atoms with Crippen molar-refractivity contribution in [1.29, 1.82) is 0 Å². The van der Waals surface area contributed by atoms with Crippen LogP contribution in [0.4, 0.5) is 0 Å². The van der Waals surface area contributed by atoms with Crippen molar-refractivity contribution in [3.63, 3.8) is 0 Å². The predicted octanol–water partition coefficient (Wildman–Crippen LogP) is 3.88. The van der Waals surface area contributed by atoms with Gasteiger partial charge in [-0.05, 0) is 34.4 Å². The highest BCUT2D eigenvalue weighted by Crippen LogP contribution is 2.23. The number of rotatable bonds is 8. The molecule has 0 unspecified atom stereocenters. The molecule has 31 heavy (non-hydrogen) atoms. The summed E-state index contributed by atoms with van der Waals surface area (Å²) in [7, 11) is 0. The molecular formula is C26H28N2O3. The average Bonchev–Trinajstić information content (AvgIpc) is 2.84. The minimum atomic E-state index is 0.0263. The van der Waals surface area contributed by atoms with Gasteiger partial charge in [0.05, 0.1) is 19.6 Å². The third-order valence-corrected chi connectivity index (χ3v) is 5.36. The number of hydrogen-bond donors (Lipinski definition) is 1. The standard InChI is InChI=1S/C26H28N2O3/c29-26(27-19-22-4-2-1-3-5-22)18-21-6-8-23(9-7-21)24-10-12-25(13-11-24)31-20-28-14-16-30-17-15-28/h1-13H,14-20H2,(H,27,29). The first-order chi connectivity index (χ1) is 15.3. The number of nitrogens with zero attached hydrogens (tertiary/aromatic N) is 1. The van der Waals surface area contributed by atoms with E-state index >= 15 is 0 Å². The minimum Gasteiger partial charge on any atom is -0.478 e. The number of hydrogen-bond acceptors (Lipinski definition) is 4. The zero-order chi connectivity index (χ0) is 21.3. The number of benzene rings is 3. The molecule has 1 heterocycles. The molecule has 0 aromatic heterocycles. The Morgan fingerprint density at radius 1 is 0.839 bits per heavy atom. The highest BCUT2D eigenvalue weighted by molar-refractivity contribution is 5.78. The maximum Gasteiger partial charge on any atom is 0.224 e. The molecule has 160 valence electrons. The minimum absolute atomic E-state index is 0.0263. The lowest BCUT2D eigenvalue weighted by molar-refractivity contribution is -0.120. The summed E-state index contributed by atoms with van der Waals surface area (Å²) in [6.45, 7) is 4.50. The van der Waals surface area contributed by atoms with Crippen molar-refractivity contribution >= 4 is 5.91 Å². The fraction of sp³-hybridized carbons (Fsp3) is 0.269. The van der Waals surface area contributed by atoms with Crippen LogP contribution in [0.15, 0.2) is 78.9 Å². The van der Waals surface area contributed by atoms with Crippen molar-refractivity contribution < 1.29 is 14.3 Å². The van der Waals surface area contributed by atoms with Crippen LogP contribution in [0.3, 0.4) is 0 Å². The summed E-state index contributed by atoms with van der Waals surface area (Å²) in [4.78, 5) is 14.5. The molecule has 1 amide bonds. The second kappa shape index (κ2) is 10.8. The van der Waals surface area contributed by atoms with E-state index < -0.39 is 0 Å². The van der Waals surface area contributed by atoms with Crippen LogP contribution in [-0.4, -0.2) is 43.8 Å². The molecule has 0 spiro atoms. The SMILES string of the molecule is O=C(Cc1ccc(-c2ccc(OCN3CCOCC3)cc2)cc1)NCc1ccccc1. The van der Waals surface area contributed by atoms with Gasteiger partial charge in [-0.3, -0.25) is 9.69 Å². The number of ether oxygens (including phenoxy) is 2. The van der Waals surface area contributed by atoms with Gasteiger partial charge in [-0.25, -0.2) is 0 Å². The largest absolute Gasteiger partial charge is 0.478 e. The van der Waals surface area contributed by atoms with E-state index in [2.05, 4.69) is 34.5 Å². The summed E-state index contributed by atoms with van der Waals surface area (Å²) in [5, 5.41) is 2.97. The van der Waals surface area contributed by atoms with Crippen molar-refractivity contribution in [1.82, 2.24) is 10.2 Å². The van der Waals surface area contributed by atoms with E-state index in [9.17, 15) is 4.79 Å². The monoisotopic (exact) mass is 416 g/mol. The van der Waals surface area contributed by atoms with Gasteiger partial charge in [0.15, 0.2) is 0 Å². The van der Waals surface area contributed by atoms with Crippen LogP contribution in [-0.2, 0) is 22.5 Å². The molecule has 5 nitrogen and oxygen atoms in total. The van der Waals surface area contributed by atoms with Crippen LogP contribution in [0, 0.1) is 0 Å². The summed E-state index contributed by atoms with van der Waals surface area (Å²) < 4.78 is 11.2. The quantitative estimate of drug-likeness (QED) is 0.606. The summed E-state index contributed by atoms with van der Waals surface area (Å²) in [5.74, 6) is 0.889. The molecule has 3 aromatic carbocycles. The Hall–Kier alpha value is -3.15. The van der Waals surface area contributed by atoms with Crippen LogP contribution >= 0.6 is 0 Å². The maximum atomic E-state index is 12.2. The Kier molecular flexibility index (Phi) is 7.32. The molecule has 0 radical (unpaired) electrons. The summed E-state index contributed by atoms with van der Waals surface area (Å²) in [6.07, 6.45) is 0.376. The molecule has 4 rings (SSSR count). The summed E-state index contributed by atoms with van der Waals surface area (Å²) in [6, 6.07) is 26.2. The summed E-state index contributed by atoms with van der Waals surface area (Å²) >= 11 is 0. The maximum absolute atomic E-state index is 12.2. The van der Waals surface area contributed by atoms with E-state index in [-0.39, 0.29) is 5.91 Å². The molecule has 1 aliphatic rings. The van der Waals surface area contributed by atoms with Crippen LogP contribution < -0.4 is 10.1 Å². The summed E-state index contributed by atoms with van der Waals surface area (Å²) in [5.41, 5.74) is 4.34. The lowest BCUT2D eigenvalue weighted by Crippen LogP contribution is -2.38. The van der Waals surface area contributed by atoms with Crippen molar-refractivity contribution in [3.8, 4) is 16.9 Å². The van der Waals surface area contributed by atoms with Crippen LogP contribution in [0.5, 0.6) is 5.75 Å². The molecule has 0 atom stereocenters. The Morgan fingerprint density at radius 2 is 1.48 bits per heavy atom. The molecule has 5 heteroatoms. The van der Waals surface area contributed by atoms with Crippen molar-refractivity contribution in [2.45, 2.75) is 13.0 Å². The molecule has 3 aromatic rings. The predicted molar refractivity (Wildman–Crippen MR) is 122 cm³/mol. The molecule has 1 fully saturated rings. The van der Waals surface area contributed by atoms with Gasteiger partial charge in [0.2, 0.25) is 5.91 Å². The molecule has 1 saturated heterocycles. The van der Waals surface area contributed by atoms with Crippen LogP contribution in [0.25, 0.3) is 11.1 Å². The van der Waals surface area contributed by atoms with Gasteiger partial charge in [0.1, 0.15) is 12.5 Å². The second-order valence-corrected chi connectivity index (χ2v) is 7.66. The number of nitrogens with one attached hydrogen (secondary N) is 1. The van der Waals surface area contributed by atoms with Gasteiger partial charge >= 0.3 is 0 Å². The zero-order valence-corrected chi connectivity index (χ0v) is 17.6. The van der Waals surface area contributed by atoms with Gasteiger partial charge in [-0.1, -0.05) is 66.7 Å². The van der Waals surface area contributed by atoms with E-state index in [1.807, 2.05) is 54.6 Å². The molecule has 1 aliphatic heterocycles. The molecule has 0 saturated carbocycles. The first-order valence-corrected chi connectivity index (χ1v) is 10.7. The van der Waals surface area contributed by atoms with Crippen LogP contribution in [0.2, 0.25) is 0 Å². The molecule has 0 bridgehead atoms. The fourth-order valence-corrected chi connectivity index (χ4v) is 3.50. The smallest absolute Gasteiger partial charge is 0.224 e. The third kappa shape index (κ3) is 6.41. The topological polar surface area (TPSA) is 50.8 Å². The van der Waals surface area contributed by atoms with E-state index in [0.717, 1.165) is 54.3 Å². The average molecular weight is 417 g/mol. The first-order valence-electron chi connectivity index (χ1n) is 10.7. The van der Waals surface area contributed by atoms with Gasteiger partial charge < -0.3 is 14.8 Å². The van der Waals surface area contributed by atoms with E-state index in [4.69, 9.17) is 9.47 Å². The van der Waals surface area contributed by atoms with Gasteiger partial charge in [0.25, 0.3) is 0 Å². The Morgan fingerprint density at radius 3 is 2.16 bits per heavy atom. The van der Waals surface area contributed by atoms with Crippen molar-refractivity contribution in [2.75, 3.05) is 33.0 Å². The van der Waals surface area contributed by atoms with E-state index in [1.165, 1.54) is 0 Å². The Labute approximate surface area is 183 Å². The highest BCUT2D eigenvalue weighted by atomic mass is 16.5. The third-order valence-electron chi connectivity index (χ3n) is 5.36. The van der Waals surface area contributed by atoms with Crippen molar-refractivity contribution in [2.24, 2.45) is 0 Å². The van der Waals surface area contributed by atoms with Gasteiger partial charge in [-0.15, -0.1) is 0 Å². The van der Waals surface area contributed by atoms with Gasteiger partial charge in [0, 0.05) is 19.6 Å². The van der Waals surface area contributed by atoms with Crippen LogP contribution in [0.1, 0.15) is 11.1 Å². The molecule has 0 aliphatic carbocycles. The lowest BCUT2D eigenvalue weighted by Gasteiger charge is -2.26. The van der Waals surface area contributed by atoms with Crippen molar-refractivity contribution in [3.05, 3.63) is 90.0 Å². The normalized spacial score (nSPS) is 14.2. The van der Waals surface area contributed by atoms with E-state index in [1.54, 1.807) is 0 Å². The Balaban J connectivity index is 1.26. The first kappa shape index (κ1) is 21.1. The molecule has 1 N–H and O–H groups in total. The number of carbonyl (C=O) groups excluding carboxylic acids is 1. The lowest BCUT2D eigenvalue weighted by atomic mass is 10.0. The highest BCUT2D eigenvalue weighted by Gasteiger charge is 2.10.